The Morgan fingerprint density at radius 1 is 1.05 bits per heavy atom. The maximum Gasteiger partial charge on any atom is 0.337 e. The molecular weight excluding hydrogens is 272 g/mol. The Kier molecular flexibility index (Phi) is 4.56. The second kappa shape index (κ2) is 6.56. The third-order valence-corrected chi connectivity index (χ3v) is 2.85. The number of aromatic carboxylic acids is 1. The number of carboxylic acid groups (broad SMARTS) is 1. The Morgan fingerprint density at radius 2 is 1.76 bits per heavy atom. The predicted molar refractivity (Wildman–Crippen MR) is 75.5 cm³/mol. The van der Waals surface area contributed by atoms with Crippen LogP contribution in [-0.4, -0.2) is 24.2 Å². The number of hydrogen-bond acceptors (Lipinski definition) is 4. The summed E-state index contributed by atoms with van der Waals surface area (Å²) >= 11 is 0. The van der Waals surface area contributed by atoms with Crippen molar-refractivity contribution in [3.63, 3.8) is 0 Å². The number of carbonyl (C=O) groups excluding carboxylic acids is 1. The summed E-state index contributed by atoms with van der Waals surface area (Å²) in [6.45, 7) is 0.249. The third kappa shape index (κ3) is 3.82. The number of esters is 1. The molecule has 5 nitrogen and oxygen atoms in total. The second-order valence-corrected chi connectivity index (χ2v) is 4.31. The van der Waals surface area contributed by atoms with Crippen molar-refractivity contribution in [2.45, 2.75) is 6.61 Å². The Balaban J connectivity index is 2.01. The summed E-state index contributed by atoms with van der Waals surface area (Å²) in [4.78, 5) is 22.2. The van der Waals surface area contributed by atoms with Gasteiger partial charge in [-0.3, -0.25) is 0 Å². The number of carbonyl (C=O) groups is 2. The van der Waals surface area contributed by atoms with Crippen molar-refractivity contribution in [2.24, 2.45) is 0 Å². The van der Waals surface area contributed by atoms with E-state index in [1.807, 2.05) is 0 Å². The van der Waals surface area contributed by atoms with Crippen LogP contribution in [0.2, 0.25) is 0 Å². The van der Waals surface area contributed by atoms with E-state index in [4.69, 9.17) is 9.84 Å². The average Bonchev–Trinajstić information content (AvgIpc) is 2.53. The lowest BCUT2D eigenvalue weighted by molar-refractivity contribution is 0.0599. The lowest BCUT2D eigenvalue weighted by Gasteiger charge is -2.07. The van der Waals surface area contributed by atoms with Gasteiger partial charge in [-0.2, -0.15) is 0 Å². The van der Waals surface area contributed by atoms with Gasteiger partial charge in [0.1, 0.15) is 12.4 Å². The molecule has 0 aliphatic rings. The van der Waals surface area contributed by atoms with Crippen LogP contribution in [0.5, 0.6) is 5.75 Å². The SMILES string of the molecule is COC(=O)c1ccc(OCc2cccc(C(=O)O)c2)cc1. The van der Waals surface area contributed by atoms with E-state index >= 15 is 0 Å². The Labute approximate surface area is 121 Å². The molecule has 0 saturated carbocycles. The number of benzene rings is 2. The highest BCUT2D eigenvalue weighted by Gasteiger charge is 2.06. The molecule has 0 atom stereocenters. The largest absolute Gasteiger partial charge is 0.489 e. The molecule has 0 aromatic heterocycles. The Morgan fingerprint density at radius 3 is 2.38 bits per heavy atom. The molecule has 0 heterocycles. The number of hydrogen-bond donors (Lipinski definition) is 1. The number of methoxy groups -OCH3 is 1. The highest BCUT2D eigenvalue weighted by molar-refractivity contribution is 5.89. The van der Waals surface area contributed by atoms with Crippen LogP contribution >= 0.6 is 0 Å². The summed E-state index contributed by atoms with van der Waals surface area (Å²) in [5.74, 6) is -0.793. The Bertz CT molecular complexity index is 646. The maximum atomic E-state index is 11.3. The van der Waals surface area contributed by atoms with Crippen molar-refractivity contribution >= 4 is 11.9 Å². The van der Waals surface area contributed by atoms with Crippen molar-refractivity contribution in [2.75, 3.05) is 7.11 Å². The topological polar surface area (TPSA) is 72.8 Å². The van der Waals surface area contributed by atoms with E-state index in [1.165, 1.54) is 13.2 Å². The van der Waals surface area contributed by atoms with Crippen molar-refractivity contribution in [3.8, 4) is 5.75 Å². The van der Waals surface area contributed by atoms with Gasteiger partial charge in [0.15, 0.2) is 0 Å². The van der Waals surface area contributed by atoms with E-state index in [2.05, 4.69) is 4.74 Å². The summed E-state index contributed by atoms with van der Waals surface area (Å²) in [6, 6.07) is 13.1. The van der Waals surface area contributed by atoms with Gasteiger partial charge in [-0.1, -0.05) is 12.1 Å². The van der Waals surface area contributed by atoms with Crippen LogP contribution in [0, 0.1) is 0 Å². The molecule has 0 saturated heterocycles. The van der Waals surface area contributed by atoms with Gasteiger partial charge in [-0.25, -0.2) is 9.59 Å². The monoisotopic (exact) mass is 286 g/mol. The maximum absolute atomic E-state index is 11.3. The fourth-order valence-corrected chi connectivity index (χ4v) is 1.77. The molecule has 0 aliphatic carbocycles. The standard InChI is InChI=1S/C16H14O5/c1-20-16(19)12-5-7-14(8-6-12)21-10-11-3-2-4-13(9-11)15(17)18/h2-9H,10H2,1H3,(H,17,18). The zero-order valence-corrected chi connectivity index (χ0v) is 11.4. The second-order valence-electron chi connectivity index (χ2n) is 4.31. The molecule has 108 valence electrons. The summed E-state index contributed by atoms with van der Waals surface area (Å²) in [7, 11) is 1.32. The van der Waals surface area contributed by atoms with E-state index in [-0.39, 0.29) is 12.2 Å². The minimum Gasteiger partial charge on any atom is -0.489 e. The first-order valence-corrected chi connectivity index (χ1v) is 6.23. The van der Waals surface area contributed by atoms with E-state index in [0.717, 1.165) is 5.56 Å². The number of rotatable bonds is 5. The molecule has 0 spiro atoms. The van der Waals surface area contributed by atoms with Crippen molar-refractivity contribution in [1.82, 2.24) is 0 Å². The van der Waals surface area contributed by atoms with E-state index in [0.29, 0.717) is 11.3 Å². The molecule has 0 amide bonds. The van der Waals surface area contributed by atoms with Gasteiger partial charge in [0.05, 0.1) is 18.2 Å². The van der Waals surface area contributed by atoms with Crippen molar-refractivity contribution in [3.05, 3.63) is 65.2 Å². The lowest BCUT2D eigenvalue weighted by Crippen LogP contribution is -2.02. The molecule has 2 rings (SSSR count). The fraction of sp³-hybridized carbons (Fsp3) is 0.125. The molecular formula is C16H14O5. The first-order chi connectivity index (χ1) is 10.1. The summed E-state index contributed by atoms with van der Waals surface area (Å²) in [5, 5.41) is 8.92. The van der Waals surface area contributed by atoms with Crippen molar-refractivity contribution < 1.29 is 24.2 Å². The van der Waals surface area contributed by atoms with E-state index < -0.39 is 11.9 Å². The van der Waals surface area contributed by atoms with E-state index in [9.17, 15) is 9.59 Å². The first-order valence-electron chi connectivity index (χ1n) is 6.23. The number of ether oxygens (including phenoxy) is 2. The highest BCUT2D eigenvalue weighted by Crippen LogP contribution is 2.15. The molecule has 0 aliphatic heterocycles. The fourth-order valence-electron chi connectivity index (χ4n) is 1.77. The zero-order valence-electron chi connectivity index (χ0n) is 11.4. The molecule has 2 aromatic rings. The summed E-state index contributed by atoms with van der Waals surface area (Å²) in [6.07, 6.45) is 0. The zero-order chi connectivity index (χ0) is 15.2. The van der Waals surface area contributed by atoms with Crippen LogP contribution in [0.3, 0.4) is 0 Å². The van der Waals surface area contributed by atoms with Crippen LogP contribution in [0.15, 0.2) is 48.5 Å². The molecule has 0 fully saturated rings. The van der Waals surface area contributed by atoms with Gasteiger partial charge in [-0.15, -0.1) is 0 Å². The van der Waals surface area contributed by atoms with Crippen LogP contribution < -0.4 is 4.74 Å². The Hall–Kier alpha value is -2.82. The smallest absolute Gasteiger partial charge is 0.337 e. The normalized spacial score (nSPS) is 9.95. The third-order valence-electron chi connectivity index (χ3n) is 2.85. The van der Waals surface area contributed by atoms with Gasteiger partial charge in [0.2, 0.25) is 0 Å². The van der Waals surface area contributed by atoms with Crippen LogP contribution in [0.4, 0.5) is 0 Å². The molecule has 0 radical (unpaired) electrons. The van der Waals surface area contributed by atoms with Crippen molar-refractivity contribution in [1.29, 1.82) is 0 Å². The molecule has 0 bridgehead atoms. The highest BCUT2D eigenvalue weighted by atomic mass is 16.5. The molecule has 0 unspecified atom stereocenters. The van der Waals surface area contributed by atoms with Gasteiger partial charge >= 0.3 is 11.9 Å². The average molecular weight is 286 g/mol. The van der Waals surface area contributed by atoms with Gasteiger partial charge in [0.25, 0.3) is 0 Å². The van der Waals surface area contributed by atoms with Crippen LogP contribution in [0.1, 0.15) is 26.3 Å². The summed E-state index contributed by atoms with van der Waals surface area (Å²) < 4.78 is 10.2. The minimum absolute atomic E-state index is 0.220. The van der Waals surface area contributed by atoms with Crippen LogP contribution in [0.25, 0.3) is 0 Å². The molecule has 21 heavy (non-hydrogen) atoms. The van der Waals surface area contributed by atoms with E-state index in [1.54, 1.807) is 42.5 Å². The lowest BCUT2D eigenvalue weighted by atomic mass is 10.1. The molecule has 1 N–H and O–H groups in total. The number of carboxylic acids is 1. The minimum atomic E-state index is -0.973. The van der Waals surface area contributed by atoms with Gasteiger partial charge in [0, 0.05) is 0 Å². The quantitative estimate of drug-likeness (QED) is 0.856. The van der Waals surface area contributed by atoms with Crippen LogP contribution in [-0.2, 0) is 11.3 Å². The summed E-state index contributed by atoms with van der Waals surface area (Å²) in [5.41, 5.74) is 1.42. The predicted octanol–water partition coefficient (Wildman–Crippen LogP) is 2.75. The molecule has 2 aromatic carbocycles. The van der Waals surface area contributed by atoms with Gasteiger partial charge < -0.3 is 14.6 Å². The molecule has 5 heteroatoms. The van der Waals surface area contributed by atoms with Gasteiger partial charge in [-0.05, 0) is 42.0 Å². The first kappa shape index (κ1) is 14.6.